The molecule has 3 aliphatic rings. The predicted octanol–water partition coefficient (Wildman–Crippen LogP) is 3.03. The molecule has 0 amide bonds. The molecular weight excluding hydrogens is 234 g/mol. The van der Waals surface area contributed by atoms with Crippen molar-refractivity contribution in [3.63, 3.8) is 0 Å². The molecule has 1 aromatic heterocycles. The minimum absolute atomic E-state index is 0.645. The van der Waals surface area contributed by atoms with E-state index in [9.17, 15) is 0 Å². The standard InChI is InChI=1S/C16H25N3/c1-2-13-11-17-19(12-13)15-5-9-18(10-6-15)16(7-8-16)14-3-4-14/h11-12,14-15H,2-10H2,1H3. The van der Waals surface area contributed by atoms with E-state index < -0.39 is 0 Å². The SMILES string of the molecule is CCc1cnn(C2CCN(C3(C4CC4)CC3)CC2)c1. The van der Waals surface area contributed by atoms with E-state index in [1.807, 2.05) is 6.20 Å². The van der Waals surface area contributed by atoms with Gasteiger partial charge in [0.2, 0.25) is 0 Å². The summed E-state index contributed by atoms with van der Waals surface area (Å²) in [6.45, 7) is 4.79. The first-order valence-electron chi connectivity index (χ1n) is 8.10. The zero-order valence-corrected chi connectivity index (χ0v) is 12.0. The van der Waals surface area contributed by atoms with E-state index in [0.29, 0.717) is 11.6 Å². The maximum Gasteiger partial charge on any atom is 0.0543 e. The molecule has 2 saturated carbocycles. The molecule has 3 heteroatoms. The summed E-state index contributed by atoms with van der Waals surface area (Å²) in [5, 5.41) is 4.56. The van der Waals surface area contributed by atoms with Gasteiger partial charge in [-0.3, -0.25) is 9.58 Å². The second-order valence-electron chi connectivity index (χ2n) is 6.78. The van der Waals surface area contributed by atoms with E-state index in [2.05, 4.69) is 27.8 Å². The molecule has 3 nitrogen and oxygen atoms in total. The predicted molar refractivity (Wildman–Crippen MR) is 76.1 cm³/mol. The van der Waals surface area contributed by atoms with Gasteiger partial charge in [0.1, 0.15) is 0 Å². The summed E-state index contributed by atoms with van der Waals surface area (Å²) < 4.78 is 2.23. The van der Waals surface area contributed by atoms with Crippen LogP contribution in [0.2, 0.25) is 0 Å². The van der Waals surface area contributed by atoms with Gasteiger partial charge < -0.3 is 0 Å². The molecule has 19 heavy (non-hydrogen) atoms. The van der Waals surface area contributed by atoms with Gasteiger partial charge in [-0.25, -0.2) is 0 Å². The zero-order valence-electron chi connectivity index (χ0n) is 12.0. The highest BCUT2D eigenvalue weighted by molar-refractivity contribution is 5.13. The van der Waals surface area contributed by atoms with Gasteiger partial charge in [-0.05, 0) is 56.4 Å². The second-order valence-corrected chi connectivity index (χ2v) is 6.78. The molecule has 0 unspecified atom stereocenters. The molecule has 0 aromatic carbocycles. The molecule has 0 bridgehead atoms. The van der Waals surface area contributed by atoms with Crippen molar-refractivity contribution in [3.05, 3.63) is 18.0 Å². The molecule has 0 N–H and O–H groups in total. The Kier molecular flexibility index (Phi) is 2.73. The van der Waals surface area contributed by atoms with Crippen LogP contribution >= 0.6 is 0 Å². The fraction of sp³-hybridized carbons (Fsp3) is 0.812. The first-order chi connectivity index (χ1) is 9.32. The normalized spacial score (nSPS) is 27.6. The van der Waals surface area contributed by atoms with E-state index in [0.717, 1.165) is 12.3 Å². The van der Waals surface area contributed by atoms with Crippen LogP contribution in [0.15, 0.2) is 12.4 Å². The summed E-state index contributed by atoms with van der Waals surface area (Å²) in [5.41, 5.74) is 2.04. The van der Waals surface area contributed by atoms with E-state index in [1.165, 1.54) is 57.2 Å². The fourth-order valence-electron chi connectivity index (χ4n) is 4.07. The van der Waals surface area contributed by atoms with Gasteiger partial charge >= 0.3 is 0 Å². The highest BCUT2D eigenvalue weighted by Gasteiger charge is 2.57. The van der Waals surface area contributed by atoms with Crippen molar-refractivity contribution in [3.8, 4) is 0 Å². The lowest BCUT2D eigenvalue weighted by atomic mass is 10.00. The van der Waals surface area contributed by atoms with Crippen LogP contribution in [0.5, 0.6) is 0 Å². The van der Waals surface area contributed by atoms with Gasteiger partial charge in [-0.15, -0.1) is 0 Å². The van der Waals surface area contributed by atoms with Gasteiger partial charge in [0, 0.05) is 24.8 Å². The first kappa shape index (κ1) is 12.0. The van der Waals surface area contributed by atoms with Crippen molar-refractivity contribution in [1.82, 2.24) is 14.7 Å². The number of hydrogen-bond acceptors (Lipinski definition) is 2. The van der Waals surface area contributed by atoms with Crippen molar-refractivity contribution in [1.29, 1.82) is 0 Å². The number of hydrogen-bond donors (Lipinski definition) is 0. The Labute approximate surface area is 116 Å². The molecule has 0 atom stereocenters. The first-order valence-corrected chi connectivity index (χ1v) is 8.10. The lowest BCUT2D eigenvalue weighted by Gasteiger charge is -2.38. The maximum absolute atomic E-state index is 4.56. The molecule has 4 rings (SSSR count). The maximum atomic E-state index is 4.56. The third kappa shape index (κ3) is 2.03. The average molecular weight is 259 g/mol. The minimum Gasteiger partial charge on any atom is -0.297 e. The Morgan fingerprint density at radius 3 is 2.47 bits per heavy atom. The van der Waals surface area contributed by atoms with E-state index in [4.69, 9.17) is 0 Å². The van der Waals surface area contributed by atoms with Crippen LogP contribution in [0.1, 0.15) is 57.1 Å². The Morgan fingerprint density at radius 2 is 1.95 bits per heavy atom. The van der Waals surface area contributed by atoms with Gasteiger partial charge in [-0.2, -0.15) is 5.10 Å². The third-order valence-corrected chi connectivity index (χ3v) is 5.63. The number of likely N-dealkylation sites (tertiary alicyclic amines) is 1. The highest BCUT2D eigenvalue weighted by Crippen LogP contribution is 2.58. The molecule has 1 aromatic rings. The molecule has 2 heterocycles. The van der Waals surface area contributed by atoms with Crippen LogP contribution in [-0.2, 0) is 6.42 Å². The number of nitrogens with zero attached hydrogens (tertiary/aromatic N) is 3. The molecule has 1 saturated heterocycles. The van der Waals surface area contributed by atoms with Crippen LogP contribution in [-0.4, -0.2) is 33.3 Å². The Bertz CT molecular complexity index is 448. The highest BCUT2D eigenvalue weighted by atomic mass is 15.3. The van der Waals surface area contributed by atoms with Crippen LogP contribution in [0.4, 0.5) is 0 Å². The second kappa shape index (κ2) is 4.34. The summed E-state index contributed by atoms with van der Waals surface area (Å²) in [5.74, 6) is 1.06. The quantitative estimate of drug-likeness (QED) is 0.828. The summed E-state index contributed by atoms with van der Waals surface area (Å²) in [6, 6.07) is 0.645. The lowest BCUT2D eigenvalue weighted by molar-refractivity contribution is 0.102. The fourth-order valence-corrected chi connectivity index (χ4v) is 4.07. The summed E-state index contributed by atoms with van der Waals surface area (Å²) in [7, 11) is 0. The Hall–Kier alpha value is -0.830. The number of piperidine rings is 1. The van der Waals surface area contributed by atoms with Gasteiger partial charge in [-0.1, -0.05) is 6.92 Å². The van der Waals surface area contributed by atoms with Crippen molar-refractivity contribution in [2.75, 3.05) is 13.1 Å². The van der Waals surface area contributed by atoms with Crippen molar-refractivity contribution >= 4 is 0 Å². The van der Waals surface area contributed by atoms with Gasteiger partial charge in [0.25, 0.3) is 0 Å². The molecule has 0 radical (unpaired) electrons. The monoisotopic (exact) mass is 259 g/mol. The van der Waals surface area contributed by atoms with E-state index >= 15 is 0 Å². The van der Waals surface area contributed by atoms with Crippen LogP contribution in [0.3, 0.4) is 0 Å². The van der Waals surface area contributed by atoms with Gasteiger partial charge in [0.05, 0.1) is 12.2 Å². The lowest BCUT2D eigenvalue weighted by Crippen LogP contribution is -2.44. The third-order valence-electron chi connectivity index (χ3n) is 5.63. The van der Waals surface area contributed by atoms with Crippen molar-refractivity contribution < 1.29 is 0 Å². The van der Waals surface area contributed by atoms with Crippen molar-refractivity contribution in [2.24, 2.45) is 5.92 Å². The summed E-state index contributed by atoms with van der Waals surface area (Å²) in [4.78, 5) is 2.82. The van der Waals surface area contributed by atoms with Gasteiger partial charge in [0.15, 0.2) is 0 Å². The summed E-state index contributed by atoms with van der Waals surface area (Å²) in [6.07, 6.45) is 13.9. The molecule has 3 fully saturated rings. The topological polar surface area (TPSA) is 21.1 Å². The summed E-state index contributed by atoms with van der Waals surface area (Å²) >= 11 is 0. The van der Waals surface area contributed by atoms with E-state index in [-0.39, 0.29) is 0 Å². The molecule has 1 aliphatic heterocycles. The average Bonchev–Trinajstić information content (AvgIpc) is 3.35. The number of aromatic nitrogens is 2. The largest absolute Gasteiger partial charge is 0.297 e. The molecular formula is C16H25N3. The smallest absolute Gasteiger partial charge is 0.0543 e. The van der Waals surface area contributed by atoms with Crippen LogP contribution in [0.25, 0.3) is 0 Å². The Balaban J connectivity index is 1.39. The number of rotatable bonds is 4. The molecule has 104 valence electrons. The number of aryl methyl sites for hydroxylation is 1. The van der Waals surface area contributed by atoms with Crippen molar-refractivity contribution in [2.45, 2.75) is 63.5 Å². The van der Waals surface area contributed by atoms with Crippen LogP contribution < -0.4 is 0 Å². The zero-order chi connectivity index (χ0) is 12.9. The minimum atomic E-state index is 0.645. The Morgan fingerprint density at radius 1 is 1.21 bits per heavy atom. The van der Waals surface area contributed by atoms with Crippen LogP contribution in [0, 0.1) is 5.92 Å². The molecule has 0 spiro atoms. The van der Waals surface area contributed by atoms with E-state index in [1.54, 1.807) is 0 Å². The molecule has 2 aliphatic carbocycles.